The molecule has 0 bridgehead atoms. The maximum absolute atomic E-state index is 10.6. The summed E-state index contributed by atoms with van der Waals surface area (Å²) in [5.74, 6) is 0.250. The largest absolute Gasteiger partial charge is 0.380 e. The summed E-state index contributed by atoms with van der Waals surface area (Å²) in [7, 11) is -3.91. The Morgan fingerprint density at radius 1 is 1.15 bits per heavy atom. The maximum Gasteiger partial charge on any atom is 0.380 e. The lowest BCUT2D eigenvalue weighted by atomic mass is 10.1. The first-order valence-corrected chi connectivity index (χ1v) is 5.14. The number of hydrogen-bond donors (Lipinski definition) is 1. The molecule has 0 aromatic heterocycles. The lowest BCUT2D eigenvalue weighted by Crippen LogP contribution is -2.19. The van der Waals surface area contributed by atoms with Crippen LogP contribution in [0.3, 0.4) is 0 Å². The quantitative estimate of drug-likeness (QED) is 0.772. The van der Waals surface area contributed by atoms with Crippen LogP contribution >= 0.6 is 0 Å². The molecule has 0 unspecified atom stereocenters. The van der Waals surface area contributed by atoms with Crippen LogP contribution in [0.5, 0.6) is 5.75 Å². The average Bonchev–Trinajstić information content (AvgIpc) is 1.78. The number of rotatable bonds is 2. The van der Waals surface area contributed by atoms with Crippen LogP contribution in [0, 0.1) is 13.8 Å². The second-order valence-corrected chi connectivity index (χ2v) is 4.05. The summed E-state index contributed by atoms with van der Waals surface area (Å²) in [4.78, 5) is 0. The van der Waals surface area contributed by atoms with Gasteiger partial charge in [-0.15, -0.1) is 0 Å². The Kier molecular flexibility index (Phi) is 2.58. The fourth-order valence-electron chi connectivity index (χ4n) is 1.12. The van der Waals surface area contributed by atoms with E-state index in [0.717, 1.165) is 11.1 Å². The van der Waals surface area contributed by atoms with Gasteiger partial charge in [-0.05, 0) is 37.1 Å². The van der Waals surface area contributed by atoms with Crippen LogP contribution in [-0.4, -0.2) is 8.42 Å². The number of nitrogens with two attached hydrogens (primary N) is 1. The molecule has 0 saturated carbocycles. The van der Waals surface area contributed by atoms with E-state index in [1.807, 2.05) is 19.9 Å². The Hall–Kier alpha value is -1.07. The molecule has 0 amide bonds. The van der Waals surface area contributed by atoms with Crippen molar-refractivity contribution in [3.63, 3.8) is 0 Å². The van der Waals surface area contributed by atoms with Crippen LogP contribution in [0.1, 0.15) is 11.1 Å². The zero-order valence-corrected chi connectivity index (χ0v) is 8.26. The van der Waals surface area contributed by atoms with Crippen LogP contribution in [0.4, 0.5) is 0 Å². The van der Waals surface area contributed by atoms with Gasteiger partial charge in [0.15, 0.2) is 0 Å². The highest BCUT2D eigenvalue weighted by molar-refractivity contribution is 7.84. The molecule has 1 aromatic rings. The molecule has 0 atom stereocenters. The van der Waals surface area contributed by atoms with E-state index in [4.69, 9.17) is 5.14 Å². The first-order valence-electron chi connectivity index (χ1n) is 3.67. The van der Waals surface area contributed by atoms with E-state index in [9.17, 15) is 8.42 Å². The first kappa shape index (κ1) is 10.0. The summed E-state index contributed by atoms with van der Waals surface area (Å²) < 4.78 is 25.7. The second-order valence-electron chi connectivity index (χ2n) is 2.90. The van der Waals surface area contributed by atoms with Crippen LogP contribution in [-0.2, 0) is 10.3 Å². The second kappa shape index (κ2) is 3.35. The molecule has 2 N–H and O–H groups in total. The molecule has 1 rings (SSSR count). The van der Waals surface area contributed by atoms with Crippen molar-refractivity contribution in [2.75, 3.05) is 0 Å². The Morgan fingerprint density at radius 3 is 2.00 bits per heavy atom. The molecule has 0 heterocycles. The van der Waals surface area contributed by atoms with Crippen molar-refractivity contribution in [2.45, 2.75) is 13.8 Å². The van der Waals surface area contributed by atoms with Gasteiger partial charge in [0, 0.05) is 0 Å². The molecular weight excluding hydrogens is 190 g/mol. The van der Waals surface area contributed by atoms with E-state index in [0.29, 0.717) is 0 Å². The third kappa shape index (κ3) is 3.43. The first-order chi connectivity index (χ1) is 5.87. The van der Waals surface area contributed by atoms with Gasteiger partial charge in [0.2, 0.25) is 0 Å². The topological polar surface area (TPSA) is 69.4 Å². The monoisotopic (exact) mass is 201 g/mol. The highest BCUT2D eigenvalue weighted by Crippen LogP contribution is 2.16. The van der Waals surface area contributed by atoms with Crippen molar-refractivity contribution >= 4 is 10.3 Å². The molecule has 4 nitrogen and oxygen atoms in total. The maximum atomic E-state index is 10.6. The van der Waals surface area contributed by atoms with Crippen LogP contribution in [0.25, 0.3) is 0 Å². The number of benzene rings is 1. The molecule has 1 aromatic carbocycles. The van der Waals surface area contributed by atoms with Gasteiger partial charge in [-0.25, -0.2) is 0 Å². The van der Waals surface area contributed by atoms with Gasteiger partial charge >= 0.3 is 10.3 Å². The molecular formula is C8H11NO3S. The summed E-state index contributed by atoms with van der Waals surface area (Å²) >= 11 is 0. The third-order valence-electron chi connectivity index (χ3n) is 1.41. The third-order valence-corrected chi connectivity index (χ3v) is 1.83. The Bertz CT molecular complexity index is 391. The SMILES string of the molecule is Cc1cc(C)cc(OS(N)(=O)=O)c1. The van der Waals surface area contributed by atoms with Crippen molar-refractivity contribution in [3.05, 3.63) is 29.3 Å². The summed E-state index contributed by atoms with van der Waals surface area (Å²) in [5.41, 5.74) is 1.86. The Balaban J connectivity index is 3.03. The summed E-state index contributed by atoms with van der Waals surface area (Å²) in [6.45, 7) is 3.70. The summed E-state index contributed by atoms with van der Waals surface area (Å²) in [6, 6.07) is 5.13. The smallest absolute Gasteiger partial charge is 0.371 e. The summed E-state index contributed by atoms with van der Waals surface area (Å²) in [6.07, 6.45) is 0. The Morgan fingerprint density at radius 2 is 1.62 bits per heavy atom. The molecule has 0 saturated heterocycles. The van der Waals surface area contributed by atoms with Gasteiger partial charge in [0.25, 0.3) is 0 Å². The van der Waals surface area contributed by atoms with Crippen LogP contribution in [0.15, 0.2) is 18.2 Å². The van der Waals surface area contributed by atoms with Crippen molar-refractivity contribution in [1.29, 1.82) is 0 Å². The molecule has 0 aliphatic rings. The normalized spacial score (nSPS) is 11.3. The average molecular weight is 201 g/mol. The van der Waals surface area contributed by atoms with E-state index in [1.165, 1.54) is 0 Å². The van der Waals surface area contributed by atoms with E-state index in [1.54, 1.807) is 12.1 Å². The van der Waals surface area contributed by atoms with Crippen molar-refractivity contribution in [3.8, 4) is 5.75 Å². The summed E-state index contributed by atoms with van der Waals surface area (Å²) in [5, 5.41) is 4.72. The lowest BCUT2D eigenvalue weighted by Gasteiger charge is -2.04. The lowest BCUT2D eigenvalue weighted by molar-refractivity contribution is 0.487. The number of hydrogen-bond acceptors (Lipinski definition) is 3. The minimum atomic E-state index is -3.91. The highest BCUT2D eigenvalue weighted by atomic mass is 32.2. The van der Waals surface area contributed by atoms with E-state index in [2.05, 4.69) is 4.18 Å². The molecule has 0 radical (unpaired) electrons. The molecule has 5 heteroatoms. The minimum absolute atomic E-state index is 0.250. The van der Waals surface area contributed by atoms with E-state index >= 15 is 0 Å². The van der Waals surface area contributed by atoms with Gasteiger partial charge in [0.05, 0.1) is 0 Å². The van der Waals surface area contributed by atoms with Gasteiger partial charge in [-0.1, -0.05) is 6.07 Å². The van der Waals surface area contributed by atoms with Gasteiger partial charge in [0.1, 0.15) is 5.75 Å². The zero-order valence-electron chi connectivity index (χ0n) is 7.44. The molecule has 13 heavy (non-hydrogen) atoms. The predicted octanol–water partition coefficient (Wildman–Crippen LogP) is 0.886. The molecule has 0 aliphatic heterocycles. The van der Waals surface area contributed by atoms with Gasteiger partial charge in [-0.2, -0.15) is 13.6 Å². The molecule has 0 spiro atoms. The van der Waals surface area contributed by atoms with Gasteiger partial charge < -0.3 is 4.18 Å². The fourth-order valence-corrected chi connectivity index (χ4v) is 1.48. The van der Waals surface area contributed by atoms with Crippen LogP contribution < -0.4 is 9.32 Å². The van der Waals surface area contributed by atoms with Crippen molar-refractivity contribution < 1.29 is 12.6 Å². The van der Waals surface area contributed by atoms with Crippen molar-refractivity contribution in [1.82, 2.24) is 0 Å². The highest BCUT2D eigenvalue weighted by Gasteiger charge is 2.05. The van der Waals surface area contributed by atoms with Crippen molar-refractivity contribution in [2.24, 2.45) is 5.14 Å². The zero-order chi connectivity index (χ0) is 10.1. The fraction of sp³-hybridized carbons (Fsp3) is 0.250. The molecule has 0 aliphatic carbocycles. The standard InChI is InChI=1S/C8H11NO3S/c1-6-3-7(2)5-8(4-6)12-13(9,10)11/h3-5H,1-2H3,(H2,9,10,11). The van der Waals surface area contributed by atoms with E-state index < -0.39 is 10.3 Å². The molecule has 0 fully saturated rings. The minimum Gasteiger partial charge on any atom is -0.371 e. The predicted molar refractivity (Wildman–Crippen MR) is 49.7 cm³/mol. The van der Waals surface area contributed by atoms with E-state index in [-0.39, 0.29) is 5.75 Å². The Labute approximate surface area is 77.6 Å². The van der Waals surface area contributed by atoms with Crippen LogP contribution in [0.2, 0.25) is 0 Å². The van der Waals surface area contributed by atoms with Gasteiger partial charge in [-0.3, -0.25) is 0 Å². The number of aryl methyl sites for hydroxylation is 2. The molecule has 72 valence electrons.